The van der Waals surface area contributed by atoms with Crippen LogP contribution in [0.3, 0.4) is 0 Å². The summed E-state index contributed by atoms with van der Waals surface area (Å²) in [6.45, 7) is 9.21. The molecule has 0 aliphatic carbocycles. The predicted octanol–water partition coefficient (Wildman–Crippen LogP) is 3.36. The fraction of sp³-hybridized carbons (Fsp3) is 0.500. The van der Waals surface area contributed by atoms with Crippen LogP contribution in [-0.2, 0) is 20.9 Å². The summed E-state index contributed by atoms with van der Waals surface area (Å²) in [6, 6.07) is 7.96. The predicted molar refractivity (Wildman–Crippen MR) is 115 cm³/mol. The van der Waals surface area contributed by atoms with Crippen molar-refractivity contribution in [2.75, 3.05) is 13.1 Å². The minimum absolute atomic E-state index is 0.0389. The molecule has 0 aliphatic heterocycles. The van der Waals surface area contributed by atoms with Gasteiger partial charge in [-0.3, -0.25) is 4.79 Å². The van der Waals surface area contributed by atoms with Crippen LogP contribution in [0.4, 0.5) is 9.59 Å². The van der Waals surface area contributed by atoms with E-state index in [0.717, 1.165) is 10.5 Å². The quantitative estimate of drug-likeness (QED) is 0.444. The van der Waals surface area contributed by atoms with Gasteiger partial charge >= 0.3 is 12.2 Å². The maximum absolute atomic E-state index is 12.9. The van der Waals surface area contributed by atoms with Crippen LogP contribution in [0.25, 0.3) is 0 Å². The average molecular weight is 420 g/mol. The Morgan fingerprint density at radius 3 is 2.40 bits per heavy atom. The Hall–Kier alpha value is -2.87. The van der Waals surface area contributed by atoms with Crippen LogP contribution in [0.2, 0.25) is 0 Å². The first-order valence-corrected chi connectivity index (χ1v) is 10.0. The van der Waals surface area contributed by atoms with Gasteiger partial charge in [-0.2, -0.15) is 4.90 Å². The number of hydrogen-bond acceptors (Lipinski definition) is 6. The molecule has 0 heterocycles. The lowest BCUT2D eigenvalue weighted by molar-refractivity contribution is -0.126. The van der Waals surface area contributed by atoms with E-state index in [1.54, 1.807) is 32.9 Å². The van der Waals surface area contributed by atoms with Gasteiger partial charge in [0.25, 0.3) is 0 Å². The lowest BCUT2D eigenvalue weighted by Crippen LogP contribution is -2.53. The Balaban J connectivity index is 3.10. The molecule has 0 saturated heterocycles. The van der Waals surface area contributed by atoms with E-state index in [1.807, 2.05) is 18.2 Å². The first-order chi connectivity index (χ1) is 14.2. The molecule has 3 amide bonds. The maximum atomic E-state index is 12.9. The Labute approximate surface area is 178 Å². The zero-order valence-corrected chi connectivity index (χ0v) is 18.1. The second-order valence-corrected chi connectivity index (χ2v) is 7.72. The van der Waals surface area contributed by atoms with Gasteiger partial charge in [-0.15, -0.1) is 6.58 Å². The van der Waals surface area contributed by atoms with Gasteiger partial charge in [-0.1, -0.05) is 36.4 Å². The Kier molecular flexibility index (Phi) is 10.6. The molecule has 0 bridgehead atoms. The smallest absolute Gasteiger partial charge is 0.420 e. The number of nitrogens with zero attached hydrogens (tertiary/aromatic N) is 1. The molecule has 1 aromatic rings. The van der Waals surface area contributed by atoms with Crippen LogP contribution in [-0.4, -0.2) is 47.7 Å². The van der Waals surface area contributed by atoms with Gasteiger partial charge in [0.15, 0.2) is 0 Å². The van der Waals surface area contributed by atoms with Gasteiger partial charge in [0.2, 0.25) is 5.91 Å². The topological polar surface area (TPSA) is 111 Å². The number of imide groups is 1. The van der Waals surface area contributed by atoms with Crippen LogP contribution in [0.15, 0.2) is 43.0 Å². The average Bonchev–Trinajstić information content (AvgIpc) is 2.69. The third-order valence-electron chi connectivity index (χ3n) is 3.96. The van der Waals surface area contributed by atoms with E-state index in [0.29, 0.717) is 19.4 Å². The fourth-order valence-electron chi connectivity index (χ4n) is 2.58. The highest BCUT2D eigenvalue weighted by molar-refractivity contribution is 5.95. The highest BCUT2D eigenvalue weighted by Gasteiger charge is 2.38. The second-order valence-electron chi connectivity index (χ2n) is 7.72. The van der Waals surface area contributed by atoms with Gasteiger partial charge in [-0.05, 0) is 52.1 Å². The number of carbonyl (C=O) groups is 3. The standard InChI is InChI=1S/C22H33N3O5/c1-5-15-24-19(26)18(13-9-10-14-23)25(21(28)30-22(2,3)4)20(27)29-16-17-11-7-6-8-12-17/h5-8,11-12,18H,1,9-10,13-16,23H2,2-4H3,(H,24,26)/t18-/m0/s1. The van der Waals surface area contributed by atoms with E-state index in [9.17, 15) is 14.4 Å². The molecule has 0 aromatic heterocycles. The van der Waals surface area contributed by atoms with Crippen molar-refractivity contribution < 1.29 is 23.9 Å². The maximum Gasteiger partial charge on any atom is 0.420 e. The van der Waals surface area contributed by atoms with Crippen LogP contribution in [0.1, 0.15) is 45.6 Å². The van der Waals surface area contributed by atoms with Gasteiger partial charge in [0, 0.05) is 6.54 Å². The number of benzene rings is 1. The number of unbranched alkanes of at least 4 members (excludes halogenated alkanes) is 1. The minimum Gasteiger partial charge on any atom is -0.444 e. The molecule has 0 saturated carbocycles. The minimum atomic E-state index is -1.09. The highest BCUT2D eigenvalue weighted by Crippen LogP contribution is 2.18. The van der Waals surface area contributed by atoms with Crippen LogP contribution in [0.5, 0.6) is 0 Å². The summed E-state index contributed by atoms with van der Waals surface area (Å²) in [4.78, 5) is 39.2. The number of rotatable bonds is 10. The molecular formula is C22H33N3O5. The van der Waals surface area contributed by atoms with E-state index >= 15 is 0 Å². The number of nitrogens with two attached hydrogens (primary N) is 1. The van der Waals surface area contributed by atoms with E-state index in [4.69, 9.17) is 15.2 Å². The largest absolute Gasteiger partial charge is 0.444 e. The molecule has 3 N–H and O–H groups in total. The molecule has 0 fully saturated rings. The Morgan fingerprint density at radius 1 is 1.17 bits per heavy atom. The number of nitrogens with one attached hydrogen (secondary N) is 1. The van der Waals surface area contributed by atoms with Crippen molar-refractivity contribution in [2.45, 2.75) is 58.3 Å². The summed E-state index contributed by atoms with van der Waals surface area (Å²) in [5.74, 6) is -0.491. The number of amides is 3. The monoisotopic (exact) mass is 419 g/mol. The molecule has 1 rings (SSSR count). The van der Waals surface area contributed by atoms with Crippen molar-refractivity contribution in [1.82, 2.24) is 10.2 Å². The summed E-state index contributed by atoms with van der Waals surface area (Å²) in [5.41, 5.74) is 5.45. The normalized spacial score (nSPS) is 11.9. The van der Waals surface area contributed by atoms with Crippen molar-refractivity contribution in [2.24, 2.45) is 5.73 Å². The first kappa shape index (κ1) is 25.2. The summed E-state index contributed by atoms with van der Waals surface area (Å²) in [7, 11) is 0. The molecule has 8 heteroatoms. The second kappa shape index (κ2) is 12.6. The zero-order valence-electron chi connectivity index (χ0n) is 18.1. The van der Waals surface area contributed by atoms with E-state index in [1.165, 1.54) is 6.08 Å². The molecule has 166 valence electrons. The first-order valence-electron chi connectivity index (χ1n) is 10.0. The number of ether oxygens (including phenoxy) is 2. The van der Waals surface area contributed by atoms with Crippen molar-refractivity contribution in [1.29, 1.82) is 0 Å². The van der Waals surface area contributed by atoms with E-state index < -0.39 is 29.7 Å². The Bertz CT molecular complexity index is 700. The van der Waals surface area contributed by atoms with Crippen LogP contribution >= 0.6 is 0 Å². The van der Waals surface area contributed by atoms with Gasteiger partial charge in [0.05, 0.1) is 0 Å². The van der Waals surface area contributed by atoms with Crippen molar-refractivity contribution in [3.8, 4) is 0 Å². The molecule has 0 aliphatic rings. The Morgan fingerprint density at radius 2 is 1.83 bits per heavy atom. The third-order valence-corrected chi connectivity index (χ3v) is 3.96. The highest BCUT2D eigenvalue weighted by atomic mass is 16.6. The van der Waals surface area contributed by atoms with Crippen molar-refractivity contribution in [3.05, 3.63) is 48.6 Å². The molecule has 0 unspecified atom stereocenters. The SMILES string of the molecule is C=CCNC(=O)[C@H](CCCCN)N(C(=O)OCc1ccccc1)C(=O)OC(C)(C)C. The number of hydrogen-bond donors (Lipinski definition) is 2. The molecule has 0 spiro atoms. The van der Waals surface area contributed by atoms with Crippen LogP contribution < -0.4 is 11.1 Å². The summed E-state index contributed by atoms with van der Waals surface area (Å²) >= 11 is 0. The summed E-state index contributed by atoms with van der Waals surface area (Å²) in [5, 5.41) is 2.64. The van der Waals surface area contributed by atoms with E-state index in [2.05, 4.69) is 11.9 Å². The van der Waals surface area contributed by atoms with Crippen LogP contribution in [0, 0.1) is 0 Å². The number of carbonyl (C=O) groups excluding carboxylic acids is 3. The third kappa shape index (κ3) is 9.09. The van der Waals surface area contributed by atoms with Crippen molar-refractivity contribution in [3.63, 3.8) is 0 Å². The van der Waals surface area contributed by atoms with Gasteiger partial charge in [0.1, 0.15) is 18.2 Å². The van der Waals surface area contributed by atoms with E-state index in [-0.39, 0.29) is 19.6 Å². The molecular weight excluding hydrogens is 386 g/mol. The molecule has 8 nitrogen and oxygen atoms in total. The fourth-order valence-corrected chi connectivity index (χ4v) is 2.58. The lowest BCUT2D eigenvalue weighted by atomic mass is 10.1. The summed E-state index contributed by atoms with van der Waals surface area (Å²) in [6.07, 6.45) is 1.06. The van der Waals surface area contributed by atoms with Crippen molar-refractivity contribution >= 4 is 18.1 Å². The van der Waals surface area contributed by atoms with Gasteiger partial charge < -0.3 is 20.5 Å². The molecule has 30 heavy (non-hydrogen) atoms. The molecule has 0 radical (unpaired) electrons. The molecule has 1 aromatic carbocycles. The zero-order chi connectivity index (χ0) is 22.6. The molecule has 1 atom stereocenters. The van der Waals surface area contributed by atoms with Gasteiger partial charge in [-0.25, -0.2) is 9.59 Å². The lowest BCUT2D eigenvalue weighted by Gasteiger charge is -2.30. The summed E-state index contributed by atoms with van der Waals surface area (Å²) < 4.78 is 10.7.